The lowest BCUT2D eigenvalue weighted by atomic mass is 10.0. The van der Waals surface area contributed by atoms with E-state index in [0.717, 1.165) is 12.0 Å². The molecule has 4 rings (SSSR count). The van der Waals surface area contributed by atoms with E-state index >= 15 is 0 Å². The third-order valence-corrected chi connectivity index (χ3v) is 7.70. The van der Waals surface area contributed by atoms with Gasteiger partial charge in [-0.05, 0) is 30.5 Å². The SMILES string of the molecule is COC[C@H](OC(=O)N[C@@H](Cc1ccccc1)[C@H](O)CNS(=O)(=O)c1ccc2c(c1)OCO2)[C@@H]1CCOC1. The number of hydrogen-bond donors (Lipinski definition) is 3. The van der Waals surface area contributed by atoms with Gasteiger partial charge in [-0.25, -0.2) is 17.9 Å². The molecule has 0 aromatic heterocycles. The highest BCUT2D eigenvalue weighted by molar-refractivity contribution is 7.89. The second kappa shape index (κ2) is 12.6. The van der Waals surface area contributed by atoms with Crippen molar-refractivity contribution in [3.8, 4) is 11.5 Å². The van der Waals surface area contributed by atoms with Crippen molar-refractivity contribution >= 4 is 16.1 Å². The Bertz CT molecular complexity index is 1140. The van der Waals surface area contributed by atoms with Crippen molar-refractivity contribution in [1.29, 1.82) is 0 Å². The summed E-state index contributed by atoms with van der Waals surface area (Å²) in [6.07, 6.45) is -1.49. The van der Waals surface area contributed by atoms with Crippen LogP contribution in [0.3, 0.4) is 0 Å². The molecule has 0 aliphatic carbocycles. The summed E-state index contributed by atoms with van der Waals surface area (Å²) in [6, 6.07) is 12.7. The number of alkyl carbamates (subject to hydrolysis) is 1. The molecular formula is C25H32N2O9S. The van der Waals surface area contributed by atoms with Gasteiger partial charge in [-0.15, -0.1) is 0 Å². The van der Waals surface area contributed by atoms with Crippen LogP contribution in [0, 0.1) is 5.92 Å². The standard InChI is InChI=1S/C25H32N2O9S/c1-32-15-24(18-9-10-33-14-18)36-25(29)27-20(11-17-5-3-2-4-6-17)21(28)13-26-37(30,31)19-7-8-22-23(12-19)35-16-34-22/h2-8,12,18,20-21,24,26,28H,9-11,13-16H2,1H3,(H,27,29)/t18-,20+,21-,24+/m1/s1. The maximum absolute atomic E-state index is 12.8. The summed E-state index contributed by atoms with van der Waals surface area (Å²) in [7, 11) is -2.44. The quantitative estimate of drug-likeness (QED) is 0.367. The third kappa shape index (κ3) is 7.33. The fraction of sp³-hybridized carbons (Fsp3) is 0.480. The number of carbonyl (C=O) groups excluding carboxylic acids is 1. The number of ether oxygens (including phenoxy) is 5. The zero-order valence-corrected chi connectivity index (χ0v) is 21.3. The highest BCUT2D eigenvalue weighted by Crippen LogP contribution is 2.33. The molecule has 1 saturated heterocycles. The Kier molecular flexibility index (Phi) is 9.22. The number of hydrogen-bond acceptors (Lipinski definition) is 9. The van der Waals surface area contributed by atoms with Crippen molar-refractivity contribution in [2.45, 2.75) is 36.0 Å². The lowest BCUT2D eigenvalue weighted by Crippen LogP contribution is -2.50. The molecule has 4 atom stereocenters. The average molecular weight is 537 g/mol. The normalized spacial score (nSPS) is 19.2. The van der Waals surface area contributed by atoms with Crippen LogP contribution >= 0.6 is 0 Å². The van der Waals surface area contributed by atoms with Crippen LogP contribution in [0.1, 0.15) is 12.0 Å². The van der Waals surface area contributed by atoms with Gasteiger partial charge in [0.05, 0.1) is 30.3 Å². The van der Waals surface area contributed by atoms with Crippen LogP contribution in [-0.4, -0.2) is 78.1 Å². The van der Waals surface area contributed by atoms with Gasteiger partial charge < -0.3 is 34.1 Å². The number of amides is 1. The molecule has 12 heteroatoms. The minimum absolute atomic E-state index is 0.0108. The molecule has 11 nitrogen and oxygen atoms in total. The van der Waals surface area contributed by atoms with Crippen molar-refractivity contribution in [2.24, 2.45) is 5.92 Å². The van der Waals surface area contributed by atoms with Gasteiger partial charge in [0.25, 0.3) is 0 Å². The maximum atomic E-state index is 12.8. The average Bonchev–Trinajstić information content (AvgIpc) is 3.59. The molecule has 1 fully saturated rings. The summed E-state index contributed by atoms with van der Waals surface area (Å²) in [5.41, 5.74) is 0.850. The Morgan fingerprint density at radius 2 is 1.95 bits per heavy atom. The first kappa shape index (κ1) is 27.1. The highest BCUT2D eigenvalue weighted by atomic mass is 32.2. The number of methoxy groups -OCH3 is 1. The minimum atomic E-state index is -3.97. The molecule has 2 heterocycles. The molecule has 0 bridgehead atoms. The molecule has 202 valence electrons. The predicted octanol–water partition coefficient (Wildman–Crippen LogP) is 1.44. The van der Waals surface area contributed by atoms with Crippen LogP contribution in [0.5, 0.6) is 11.5 Å². The van der Waals surface area contributed by atoms with Gasteiger partial charge in [0.2, 0.25) is 16.8 Å². The smallest absolute Gasteiger partial charge is 0.407 e. The summed E-state index contributed by atoms with van der Waals surface area (Å²) < 4.78 is 54.8. The summed E-state index contributed by atoms with van der Waals surface area (Å²) in [5.74, 6) is 0.797. The second-order valence-electron chi connectivity index (χ2n) is 8.90. The first-order chi connectivity index (χ1) is 17.9. The van der Waals surface area contributed by atoms with Crippen LogP contribution < -0.4 is 19.5 Å². The molecule has 0 saturated carbocycles. The molecular weight excluding hydrogens is 504 g/mol. The molecule has 2 aliphatic rings. The Balaban J connectivity index is 1.42. The molecule has 0 radical (unpaired) electrons. The summed E-state index contributed by atoms with van der Waals surface area (Å²) in [6.45, 7) is 0.954. The Hall–Kier alpha value is -2.90. The van der Waals surface area contributed by atoms with E-state index in [-0.39, 0.29) is 37.2 Å². The molecule has 2 aliphatic heterocycles. The van der Waals surface area contributed by atoms with E-state index in [1.807, 2.05) is 30.3 Å². The number of benzene rings is 2. The summed E-state index contributed by atoms with van der Waals surface area (Å²) in [5, 5.41) is 13.7. The van der Waals surface area contributed by atoms with Gasteiger partial charge in [0.1, 0.15) is 6.10 Å². The Morgan fingerprint density at radius 1 is 1.16 bits per heavy atom. The number of aliphatic hydroxyl groups is 1. The largest absolute Gasteiger partial charge is 0.454 e. The van der Waals surface area contributed by atoms with Crippen molar-refractivity contribution in [3.63, 3.8) is 0 Å². The fourth-order valence-electron chi connectivity index (χ4n) is 4.22. The van der Waals surface area contributed by atoms with E-state index in [2.05, 4.69) is 10.0 Å². The van der Waals surface area contributed by atoms with Crippen LogP contribution in [0.2, 0.25) is 0 Å². The van der Waals surface area contributed by atoms with Gasteiger partial charge in [-0.3, -0.25) is 0 Å². The molecule has 0 spiro atoms. The molecule has 1 amide bonds. The number of nitrogens with one attached hydrogen (secondary N) is 2. The minimum Gasteiger partial charge on any atom is -0.454 e. The van der Waals surface area contributed by atoms with Crippen LogP contribution in [0.15, 0.2) is 53.4 Å². The number of fused-ring (bicyclic) bond motifs is 1. The lowest BCUT2D eigenvalue weighted by Gasteiger charge is -2.27. The van der Waals surface area contributed by atoms with Crippen molar-refractivity contribution in [3.05, 3.63) is 54.1 Å². The molecule has 3 N–H and O–H groups in total. The van der Waals surface area contributed by atoms with E-state index in [9.17, 15) is 18.3 Å². The first-order valence-corrected chi connectivity index (χ1v) is 13.5. The van der Waals surface area contributed by atoms with Gasteiger partial charge in [0, 0.05) is 32.2 Å². The van der Waals surface area contributed by atoms with Crippen molar-refractivity contribution < 1.29 is 42.0 Å². The van der Waals surface area contributed by atoms with Crippen LogP contribution in [-0.2, 0) is 30.7 Å². The van der Waals surface area contributed by atoms with E-state index in [1.54, 1.807) is 0 Å². The fourth-order valence-corrected chi connectivity index (χ4v) is 5.28. The first-order valence-electron chi connectivity index (χ1n) is 12.0. The lowest BCUT2D eigenvalue weighted by molar-refractivity contribution is 0.000389. The van der Waals surface area contributed by atoms with Crippen LogP contribution in [0.25, 0.3) is 0 Å². The topological polar surface area (TPSA) is 142 Å². The number of sulfonamides is 1. The zero-order chi connectivity index (χ0) is 26.3. The molecule has 2 aromatic rings. The van der Waals surface area contributed by atoms with Crippen molar-refractivity contribution in [2.75, 3.05) is 40.3 Å². The third-order valence-electron chi connectivity index (χ3n) is 6.28. The highest BCUT2D eigenvalue weighted by Gasteiger charge is 2.31. The van der Waals surface area contributed by atoms with E-state index < -0.39 is 34.4 Å². The van der Waals surface area contributed by atoms with Gasteiger partial charge in [-0.1, -0.05) is 30.3 Å². The Labute approximate surface area is 216 Å². The van der Waals surface area contributed by atoms with E-state index in [0.29, 0.717) is 24.7 Å². The number of carbonyl (C=O) groups is 1. The predicted molar refractivity (Wildman–Crippen MR) is 132 cm³/mol. The van der Waals surface area contributed by atoms with E-state index in [4.69, 9.17) is 23.7 Å². The zero-order valence-electron chi connectivity index (χ0n) is 20.5. The van der Waals surface area contributed by atoms with Gasteiger partial charge in [-0.2, -0.15) is 0 Å². The summed E-state index contributed by atoms with van der Waals surface area (Å²) >= 11 is 0. The second-order valence-corrected chi connectivity index (χ2v) is 10.7. The molecule has 2 aromatic carbocycles. The number of aliphatic hydroxyl groups excluding tert-OH is 1. The van der Waals surface area contributed by atoms with Gasteiger partial charge in [0.15, 0.2) is 11.5 Å². The molecule has 37 heavy (non-hydrogen) atoms. The monoisotopic (exact) mass is 536 g/mol. The molecule has 0 unspecified atom stereocenters. The Morgan fingerprint density at radius 3 is 2.68 bits per heavy atom. The summed E-state index contributed by atoms with van der Waals surface area (Å²) in [4.78, 5) is 12.8. The van der Waals surface area contributed by atoms with Crippen LogP contribution in [0.4, 0.5) is 4.79 Å². The maximum Gasteiger partial charge on any atom is 0.407 e. The van der Waals surface area contributed by atoms with Crippen molar-refractivity contribution in [1.82, 2.24) is 10.0 Å². The van der Waals surface area contributed by atoms with Gasteiger partial charge >= 0.3 is 6.09 Å². The van der Waals surface area contributed by atoms with E-state index in [1.165, 1.54) is 25.3 Å². The number of rotatable bonds is 12.